The van der Waals surface area contributed by atoms with Crippen molar-refractivity contribution < 1.29 is 14.3 Å². The highest BCUT2D eigenvalue weighted by Crippen LogP contribution is 2.21. The van der Waals surface area contributed by atoms with E-state index in [4.69, 9.17) is 9.47 Å². The molecule has 0 aromatic heterocycles. The number of Topliss-reactive ketones (excluding diaryl/α,β-unsaturated/α-hetero) is 1. The summed E-state index contributed by atoms with van der Waals surface area (Å²) in [6, 6.07) is 15.2. The first-order valence-electron chi connectivity index (χ1n) is 7.49. The van der Waals surface area contributed by atoms with Crippen molar-refractivity contribution in [3.63, 3.8) is 0 Å². The second kappa shape index (κ2) is 7.64. The van der Waals surface area contributed by atoms with Gasteiger partial charge in [-0.1, -0.05) is 19.1 Å². The van der Waals surface area contributed by atoms with Crippen LogP contribution in [0.2, 0.25) is 0 Å². The molecule has 0 aliphatic heterocycles. The van der Waals surface area contributed by atoms with Gasteiger partial charge in [0, 0.05) is 11.5 Å². The second-order valence-electron chi connectivity index (χ2n) is 5.25. The highest BCUT2D eigenvalue weighted by molar-refractivity contribution is 5.98. The number of methoxy groups -OCH3 is 2. The summed E-state index contributed by atoms with van der Waals surface area (Å²) in [5.74, 6) is 1.76. The topological polar surface area (TPSA) is 35.5 Å². The zero-order valence-corrected chi connectivity index (χ0v) is 13.3. The van der Waals surface area contributed by atoms with Gasteiger partial charge in [0.1, 0.15) is 11.5 Å². The summed E-state index contributed by atoms with van der Waals surface area (Å²) >= 11 is 0. The Hall–Kier alpha value is -2.29. The number of carbonyl (C=O) groups excluding carboxylic acids is 1. The standard InChI is InChI=1S/C19H22O3/c1-4-15(13-14-5-9-17(21-2)10-6-14)19(20)16-7-11-18(22-3)12-8-16/h5-12,15H,4,13H2,1-3H3. The lowest BCUT2D eigenvalue weighted by molar-refractivity contribution is 0.0916. The zero-order chi connectivity index (χ0) is 15.9. The lowest BCUT2D eigenvalue weighted by Crippen LogP contribution is -2.16. The highest BCUT2D eigenvalue weighted by Gasteiger charge is 2.18. The summed E-state index contributed by atoms with van der Waals surface area (Å²) < 4.78 is 10.3. The van der Waals surface area contributed by atoms with Crippen molar-refractivity contribution in [1.29, 1.82) is 0 Å². The summed E-state index contributed by atoms with van der Waals surface area (Å²) in [4.78, 5) is 12.6. The molecule has 1 atom stereocenters. The molecule has 1 unspecified atom stereocenters. The predicted molar refractivity (Wildman–Crippen MR) is 87.8 cm³/mol. The van der Waals surface area contributed by atoms with Gasteiger partial charge < -0.3 is 9.47 Å². The first-order valence-corrected chi connectivity index (χ1v) is 7.49. The SMILES string of the molecule is CCC(Cc1ccc(OC)cc1)C(=O)c1ccc(OC)cc1. The molecule has 2 rings (SSSR count). The third kappa shape index (κ3) is 3.88. The van der Waals surface area contributed by atoms with Gasteiger partial charge in [-0.05, 0) is 54.8 Å². The first-order chi connectivity index (χ1) is 10.7. The molecule has 0 aliphatic rings. The minimum absolute atomic E-state index is 0.0122. The molecule has 3 heteroatoms. The monoisotopic (exact) mass is 298 g/mol. The van der Waals surface area contributed by atoms with E-state index >= 15 is 0 Å². The third-order valence-corrected chi connectivity index (χ3v) is 3.88. The van der Waals surface area contributed by atoms with E-state index in [1.807, 2.05) is 48.5 Å². The van der Waals surface area contributed by atoms with Crippen LogP contribution in [0.1, 0.15) is 29.3 Å². The van der Waals surface area contributed by atoms with Crippen molar-refractivity contribution in [2.24, 2.45) is 5.92 Å². The zero-order valence-electron chi connectivity index (χ0n) is 13.3. The molecule has 22 heavy (non-hydrogen) atoms. The van der Waals surface area contributed by atoms with Crippen molar-refractivity contribution >= 4 is 5.78 Å². The molecule has 2 aromatic carbocycles. The van der Waals surface area contributed by atoms with Crippen LogP contribution in [0.25, 0.3) is 0 Å². The molecule has 0 radical (unpaired) electrons. The maximum absolute atomic E-state index is 12.6. The maximum atomic E-state index is 12.6. The molecule has 0 fully saturated rings. The Balaban J connectivity index is 2.10. The molecule has 0 amide bonds. The Kier molecular flexibility index (Phi) is 5.59. The Morgan fingerprint density at radius 1 is 0.909 bits per heavy atom. The predicted octanol–water partition coefficient (Wildman–Crippen LogP) is 4.16. The van der Waals surface area contributed by atoms with Crippen LogP contribution in [-0.4, -0.2) is 20.0 Å². The van der Waals surface area contributed by atoms with Gasteiger partial charge in [0.05, 0.1) is 14.2 Å². The molecule has 0 spiro atoms. The highest BCUT2D eigenvalue weighted by atomic mass is 16.5. The number of ketones is 1. The number of carbonyl (C=O) groups is 1. The molecule has 116 valence electrons. The fourth-order valence-electron chi connectivity index (χ4n) is 2.46. The van der Waals surface area contributed by atoms with Gasteiger partial charge in [0.25, 0.3) is 0 Å². The van der Waals surface area contributed by atoms with E-state index in [2.05, 4.69) is 6.92 Å². The second-order valence-corrected chi connectivity index (χ2v) is 5.25. The van der Waals surface area contributed by atoms with Crippen molar-refractivity contribution in [3.8, 4) is 11.5 Å². The van der Waals surface area contributed by atoms with Crippen LogP contribution in [0, 0.1) is 5.92 Å². The molecule has 0 N–H and O–H groups in total. The van der Waals surface area contributed by atoms with Gasteiger partial charge in [0.15, 0.2) is 5.78 Å². The van der Waals surface area contributed by atoms with Crippen LogP contribution < -0.4 is 9.47 Å². The largest absolute Gasteiger partial charge is 0.497 e. The van der Waals surface area contributed by atoms with Gasteiger partial charge in [0.2, 0.25) is 0 Å². The van der Waals surface area contributed by atoms with E-state index in [-0.39, 0.29) is 11.7 Å². The van der Waals surface area contributed by atoms with Gasteiger partial charge >= 0.3 is 0 Å². The molecule has 0 saturated heterocycles. The van der Waals surface area contributed by atoms with E-state index in [0.717, 1.165) is 35.5 Å². The van der Waals surface area contributed by atoms with Crippen LogP contribution in [0.4, 0.5) is 0 Å². The van der Waals surface area contributed by atoms with Gasteiger partial charge in [-0.2, -0.15) is 0 Å². The van der Waals surface area contributed by atoms with Gasteiger partial charge in [-0.25, -0.2) is 0 Å². The molecule has 0 bridgehead atoms. The number of benzene rings is 2. The van der Waals surface area contributed by atoms with Crippen LogP contribution in [0.3, 0.4) is 0 Å². The molecule has 0 saturated carbocycles. The summed E-state index contributed by atoms with van der Waals surface area (Å²) in [5.41, 5.74) is 1.88. The summed E-state index contributed by atoms with van der Waals surface area (Å²) in [6.07, 6.45) is 1.56. The fourth-order valence-corrected chi connectivity index (χ4v) is 2.46. The quantitative estimate of drug-likeness (QED) is 0.720. The number of ether oxygens (including phenoxy) is 2. The molecule has 2 aromatic rings. The van der Waals surface area contributed by atoms with Crippen molar-refractivity contribution in [1.82, 2.24) is 0 Å². The minimum Gasteiger partial charge on any atom is -0.497 e. The number of hydrogen-bond acceptors (Lipinski definition) is 3. The molecule has 0 aliphatic carbocycles. The van der Waals surface area contributed by atoms with Gasteiger partial charge in [-0.15, -0.1) is 0 Å². The average molecular weight is 298 g/mol. The lowest BCUT2D eigenvalue weighted by atomic mass is 9.89. The molecule has 3 nitrogen and oxygen atoms in total. The van der Waals surface area contributed by atoms with Crippen LogP contribution in [-0.2, 0) is 6.42 Å². The number of rotatable bonds is 7. The Morgan fingerprint density at radius 2 is 1.41 bits per heavy atom. The third-order valence-electron chi connectivity index (χ3n) is 3.88. The lowest BCUT2D eigenvalue weighted by Gasteiger charge is -2.14. The van der Waals surface area contributed by atoms with Crippen molar-refractivity contribution in [2.45, 2.75) is 19.8 Å². The average Bonchev–Trinajstić information content (AvgIpc) is 2.59. The van der Waals surface area contributed by atoms with E-state index in [9.17, 15) is 4.79 Å². The van der Waals surface area contributed by atoms with Crippen molar-refractivity contribution in [3.05, 3.63) is 59.7 Å². The maximum Gasteiger partial charge on any atom is 0.166 e. The summed E-state index contributed by atoms with van der Waals surface area (Å²) in [5, 5.41) is 0. The van der Waals surface area contributed by atoms with E-state index in [0.29, 0.717) is 0 Å². The first kappa shape index (κ1) is 16.1. The van der Waals surface area contributed by atoms with Crippen molar-refractivity contribution in [2.75, 3.05) is 14.2 Å². The summed E-state index contributed by atoms with van der Waals surface area (Å²) in [7, 11) is 3.27. The molecule has 0 heterocycles. The van der Waals surface area contributed by atoms with Gasteiger partial charge in [-0.3, -0.25) is 4.79 Å². The van der Waals surface area contributed by atoms with Crippen LogP contribution >= 0.6 is 0 Å². The Morgan fingerprint density at radius 3 is 1.86 bits per heavy atom. The molecular formula is C19H22O3. The van der Waals surface area contributed by atoms with Crippen LogP contribution in [0.5, 0.6) is 11.5 Å². The smallest absolute Gasteiger partial charge is 0.166 e. The van der Waals surface area contributed by atoms with E-state index in [1.165, 1.54) is 0 Å². The van der Waals surface area contributed by atoms with E-state index < -0.39 is 0 Å². The minimum atomic E-state index is -0.0122. The summed E-state index contributed by atoms with van der Waals surface area (Å²) in [6.45, 7) is 2.05. The Bertz CT molecular complexity index is 600. The molecular weight excluding hydrogens is 276 g/mol. The normalized spacial score (nSPS) is 11.8. The van der Waals surface area contributed by atoms with Crippen LogP contribution in [0.15, 0.2) is 48.5 Å². The fraction of sp³-hybridized carbons (Fsp3) is 0.316. The van der Waals surface area contributed by atoms with E-state index in [1.54, 1.807) is 14.2 Å². The number of hydrogen-bond donors (Lipinski definition) is 0. The Labute approximate surface area is 131 Å².